The summed E-state index contributed by atoms with van der Waals surface area (Å²) < 4.78 is 0. The summed E-state index contributed by atoms with van der Waals surface area (Å²) in [6.07, 6.45) is 5.19. The lowest BCUT2D eigenvalue weighted by Gasteiger charge is -2.33. The van der Waals surface area contributed by atoms with Crippen molar-refractivity contribution in [1.82, 2.24) is 5.32 Å². The monoisotopic (exact) mass is 223 g/mol. The van der Waals surface area contributed by atoms with E-state index in [1.54, 1.807) is 0 Å². The molecule has 1 aromatic carbocycles. The third kappa shape index (κ3) is 2.53. The van der Waals surface area contributed by atoms with Crippen molar-refractivity contribution in [1.29, 1.82) is 0 Å². The van der Waals surface area contributed by atoms with E-state index in [4.69, 9.17) is 11.6 Å². The van der Waals surface area contributed by atoms with Gasteiger partial charge in [-0.05, 0) is 43.9 Å². The number of hydrogen-bond acceptors (Lipinski definition) is 1. The number of halogens is 1. The van der Waals surface area contributed by atoms with Crippen molar-refractivity contribution in [3.8, 4) is 0 Å². The predicted molar refractivity (Wildman–Crippen MR) is 65.3 cm³/mol. The fourth-order valence-corrected chi connectivity index (χ4v) is 2.46. The van der Waals surface area contributed by atoms with Gasteiger partial charge in [0.05, 0.1) is 0 Å². The topological polar surface area (TPSA) is 12.0 Å². The molecule has 0 radical (unpaired) electrons. The molecule has 0 aliphatic heterocycles. The van der Waals surface area contributed by atoms with Crippen LogP contribution < -0.4 is 5.32 Å². The quantitative estimate of drug-likeness (QED) is 0.826. The largest absolute Gasteiger partial charge is 0.316 e. The van der Waals surface area contributed by atoms with Crippen molar-refractivity contribution in [2.24, 2.45) is 5.92 Å². The Morgan fingerprint density at radius 1 is 1.40 bits per heavy atom. The molecule has 1 N–H and O–H groups in total. The minimum absolute atomic E-state index is 0.596. The summed E-state index contributed by atoms with van der Waals surface area (Å²) in [6, 6.07) is 8.76. The van der Waals surface area contributed by atoms with E-state index in [0.29, 0.717) is 6.04 Å². The summed E-state index contributed by atoms with van der Waals surface area (Å²) >= 11 is 6.16. The standard InChI is InChI=1S/C13H18ClN/c1-15-13(10-6-4-7-10)9-11-5-2-3-8-12(11)14/h2-3,5,8,10,13,15H,4,6-7,9H2,1H3. The van der Waals surface area contributed by atoms with Crippen LogP contribution >= 0.6 is 11.6 Å². The Balaban J connectivity index is 2.02. The van der Waals surface area contributed by atoms with E-state index in [0.717, 1.165) is 17.4 Å². The fraction of sp³-hybridized carbons (Fsp3) is 0.538. The Morgan fingerprint density at radius 3 is 2.67 bits per heavy atom. The normalized spacial score (nSPS) is 18.5. The van der Waals surface area contributed by atoms with Crippen molar-refractivity contribution in [2.75, 3.05) is 7.05 Å². The predicted octanol–water partition coefficient (Wildman–Crippen LogP) is 3.27. The number of likely N-dealkylation sites (N-methyl/N-ethyl adjacent to an activating group) is 1. The van der Waals surface area contributed by atoms with E-state index in [-0.39, 0.29) is 0 Å². The number of benzene rings is 1. The SMILES string of the molecule is CNC(Cc1ccccc1Cl)C1CCC1. The summed E-state index contributed by atoms with van der Waals surface area (Å²) in [5.41, 5.74) is 1.27. The average Bonchev–Trinajstić information content (AvgIpc) is 2.17. The van der Waals surface area contributed by atoms with Crippen LogP contribution in [0.4, 0.5) is 0 Å². The van der Waals surface area contributed by atoms with Gasteiger partial charge < -0.3 is 5.32 Å². The first-order chi connectivity index (χ1) is 7.31. The molecule has 1 aromatic rings. The molecule has 0 heterocycles. The van der Waals surface area contributed by atoms with Crippen LogP contribution in [0, 0.1) is 5.92 Å². The van der Waals surface area contributed by atoms with Crippen molar-refractivity contribution < 1.29 is 0 Å². The molecule has 1 nitrogen and oxygen atoms in total. The highest BCUT2D eigenvalue weighted by atomic mass is 35.5. The lowest BCUT2D eigenvalue weighted by molar-refractivity contribution is 0.236. The van der Waals surface area contributed by atoms with Gasteiger partial charge in [0.15, 0.2) is 0 Å². The highest BCUT2D eigenvalue weighted by molar-refractivity contribution is 6.31. The second kappa shape index (κ2) is 5.00. The van der Waals surface area contributed by atoms with Gasteiger partial charge in [-0.2, -0.15) is 0 Å². The zero-order valence-electron chi connectivity index (χ0n) is 9.17. The smallest absolute Gasteiger partial charge is 0.0438 e. The van der Waals surface area contributed by atoms with Gasteiger partial charge in [-0.15, -0.1) is 0 Å². The second-order valence-corrected chi connectivity index (χ2v) is 4.79. The van der Waals surface area contributed by atoms with Crippen molar-refractivity contribution >= 4 is 11.6 Å². The Kier molecular flexibility index (Phi) is 3.66. The van der Waals surface area contributed by atoms with Crippen LogP contribution in [0.5, 0.6) is 0 Å². The van der Waals surface area contributed by atoms with Crippen molar-refractivity contribution in [3.05, 3.63) is 34.9 Å². The minimum atomic E-state index is 0.596. The summed E-state index contributed by atoms with van der Waals surface area (Å²) in [5.74, 6) is 0.853. The number of nitrogens with one attached hydrogen (secondary N) is 1. The van der Waals surface area contributed by atoms with Crippen LogP contribution in [0.25, 0.3) is 0 Å². The molecule has 82 valence electrons. The van der Waals surface area contributed by atoms with Crippen molar-refractivity contribution in [2.45, 2.75) is 31.7 Å². The van der Waals surface area contributed by atoms with Crippen LogP contribution in [-0.2, 0) is 6.42 Å². The van der Waals surface area contributed by atoms with Gasteiger partial charge in [-0.3, -0.25) is 0 Å². The molecule has 1 unspecified atom stereocenters. The van der Waals surface area contributed by atoms with Gasteiger partial charge in [-0.1, -0.05) is 36.2 Å². The van der Waals surface area contributed by atoms with E-state index >= 15 is 0 Å². The molecule has 0 spiro atoms. The molecule has 1 aliphatic carbocycles. The third-order valence-corrected chi connectivity index (χ3v) is 3.86. The van der Waals surface area contributed by atoms with Gasteiger partial charge in [-0.25, -0.2) is 0 Å². The molecule has 1 fully saturated rings. The molecule has 1 aliphatic rings. The van der Waals surface area contributed by atoms with Crippen LogP contribution in [0.2, 0.25) is 5.02 Å². The van der Waals surface area contributed by atoms with E-state index in [1.807, 2.05) is 12.1 Å². The maximum atomic E-state index is 6.16. The highest BCUT2D eigenvalue weighted by Crippen LogP contribution is 2.31. The van der Waals surface area contributed by atoms with Gasteiger partial charge >= 0.3 is 0 Å². The van der Waals surface area contributed by atoms with Gasteiger partial charge in [0.25, 0.3) is 0 Å². The second-order valence-electron chi connectivity index (χ2n) is 4.38. The van der Waals surface area contributed by atoms with Gasteiger partial charge in [0, 0.05) is 11.1 Å². The molecule has 0 saturated heterocycles. The van der Waals surface area contributed by atoms with E-state index in [2.05, 4.69) is 24.5 Å². The van der Waals surface area contributed by atoms with E-state index < -0.39 is 0 Å². The molecule has 1 atom stereocenters. The first-order valence-corrected chi connectivity index (χ1v) is 6.09. The third-order valence-electron chi connectivity index (χ3n) is 3.49. The molecule has 15 heavy (non-hydrogen) atoms. The Hall–Kier alpha value is -0.530. The Bertz CT molecular complexity index is 320. The molecular weight excluding hydrogens is 206 g/mol. The molecule has 0 amide bonds. The minimum Gasteiger partial charge on any atom is -0.316 e. The van der Waals surface area contributed by atoms with Crippen molar-refractivity contribution in [3.63, 3.8) is 0 Å². The van der Waals surface area contributed by atoms with E-state index in [9.17, 15) is 0 Å². The highest BCUT2D eigenvalue weighted by Gasteiger charge is 2.26. The summed E-state index contributed by atoms with van der Waals surface area (Å²) in [4.78, 5) is 0. The molecule has 1 saturated carbocycles. The number of rotatable bonds is 4. The fourth-order valence-electron chi connectivity index (χ4n) is 2.25. The Morgan fingerprint density at radius 2 is 2.13 bits per heavy atom. The maximum absolute atomic E-state index is 6.16. The lowest BCUT2D eigenvalue weighted by atomic mass is 9.78. The van der Waals surface area contributed by atoms with Gasteiger partial charge in [0.1, 0.15) is 0 Å². The van der Waals surface area contributed by atoms with E-state index in [1.165, 1.54) is 24.8 Å². The van der Waals surface area contributed by atoms with Gasteiger partial charge in [0.2, 0.25) is 0 Å². The van der Waals surface area contributed by atoms with Crippen LogP contribution in [0.15, 0.2) is 24.3 Å². The molecule has 2 rings (SSSR count). The summed E-state index contributed by atoms with van der Waals surface area (Å²) in [5, 5.41) is 4.32. The van der Waals surface area contributed by atoms with Crippen LogP contribution in [0.3, 0.4) is 0 Å². The molecule has 0 bridgehead atoms. The number of hydrogen-bond donors (Lipinski definition) is 1. The Labute approximate surface area is 96.8 Å². The summed E-state index contributed by atoms with van der Waals surface area (Å²) in [6.45, 7) is 0. The average molecular weight is 224 g/mol. The zero-order chi connectivity index (χ0) is 10.7. The van der Waals surface area contributed by atoms with Crippen LogP contribution in [0.1, 0.15) is 24.8 Å². The molecule has 0 aromatic heterocycles. The zero-order valence-corrected chi connectivity index (χ0v) is 9.93. The lowest BCUT2D eigenvalue weighted by Crippen LogP contribution is -2.39. The summed E-state index contributed by atoms with van der Waals surface area (Å²) in [7, 11) is 2.06. The van der Waals surface area contributed by atoms with Crippen LogP contribution in [-0.4, -0.2) is 13.1 Å². The molecular formula is C13H18ClN. The first-order valence-electron chi connectivity index (χ1n) is 5.72. The first kappa shape index (κ1) is 11.0. The maximum Gasteiger partial charge on any atom is 0.0438 e. The molecule has 2 heteroatoms.